The Morgan fingerprint density at radius 3 is 3.06 bits per heavy atom. The third-order valence-electron chi connectivity index (χ3n) is 2.95. The largest absolute Gasteiger partial charge is 0.310 e. The van der Waals surface area contributed by atoms with E-state index in [0.29, 0.717) is 0 Å². The van der Waals surface area contributed by atoms with E-state index in [-0.39, 0.29) is 0 Å². The SMILES string of the molecule is Cc1csc(CNCCC2=CCCCC2)n1. The van der Waals surface area contributed by atoms with Gasteiger partial charge in [-0.05, 0) is 45.6 Å². The summed E-state index contributed by atoms with van der Waals surface area (Å²) in [5.41, 5.74) is 2.78. The first-order chi connectivity index (χ1) is 7.84. The fourth-order valence-electron chi connectivity index (χ4n) is 2.06. The Bertz CT molecular complexity index is 355. The molecule has 1 aromatic heterocycles. The van der Waals surface area contributed by atoms with Gasteiger partial charge in [0, 0.05) is 17.6 Å². The lowest BCUT2D eigenvalue weighted by atomic mass is 9.97. The van der Waals surface area contributed by atoms with Crippen LogP contribution < -0.4 is 5.32 Å². The second-order valence-corrected chi connectivity index (χ2v) is 5.36. The van der Waals surface area contributed by atoms with E-state index in [0.717, 1.165) is 18.8 Å². The van der Waals surface area contributed by atoms with Crippen LogP contribution in [-0.4, -0.2) is 11.5 Å². The van der Waals surface area contributed by atoms with E-state index >= 15 is 0 Å². The van der Waals surface area contributed by atoms with Crippen LogP contribution in [0.4, 0.5) is 0 Å². The Kier molecular flexibility index (Phi) is 4.55. The van der Waals surface area contributed by atoms with Crippen molar-refractivity contribution >= 4 is 11.3 Å². The highest BCUT2D eigenvalue weighted by atomic mass is 32.1. The Morgan fingerprint density at radius 2 is 2.38 bits per heavy atom. The molecule has 0 aliphatic heterocycles. The highest BCUT2D eigenvalue weighted by Gasteiger charge is 2.03. The van der Waals surface area contributed by atoms with E-state index in [1.54, 1.807) is 16.9 Å². The molecule has 1 heterocycles. The summed E-state index contributed by atoms with van der Waals surface area (Å²) in [6.45, 7) is 4.06. The molecule has 0 amide bonds. The number of allylic oxidation sites excluding steroid dienone is 1. The molecule has 0 radical (unpaired) electrons. The fraction of sp³-hybridized carbons (Fsp3) is 0.615. The van der Waals surface area contributed by atoms with Crippen LogP contribution in [-0.2, 0) is 6.54 Å². The topological polar surface area (TPSA) is 24.9 Å². The zero-order chi connectivity index (χ0) is 11.2. The normalized spacial score (nSPS) is 16.2. The molecular formula is C13H20N2S. The van der Waals surface area contributed by atoms with Crippen molar-refractivity contribution in [2.75, 3.05) is 6.54 Å². The third-order valence-corrected chi connectivity index (χ3v) is 3.92. The van der Waals surface area contributed by atoms with Crippen molar-refractivity contribution in [2.45, 2.75) is 45.6 Å². The van der Waals surface area contributed by atoms with Gasteiger partial charge in [-0.2, -0.15) is 0 Å². The number of hydrogen-bond acceptors (Lipinski definition) is 3. The van der Waals surface area contributed by atoms with Gasteiger partial charge in [0.1, 0.15) is 5.01 Å². The van der Waals surface area contributed by atoms with Gasteiger partial charge in [-0.25, -0.2) is 4.98 Å². The van der Waals surface area contributed by atoms with Gasteiger partial charge in [0.15, 0.2) is 0 Å². The summed E-state index contributed by atoms with van der Waals surface area (Å²) in [7, 11) is 0. The number of aryl methyl sites for hydroxylation is 1. The van der Waals surface area contributed by atoms with Crippen LogP contribution in [0.1, 0.15) is 42.8 Å². The fourth-order valence-corrected chi connectivity index (χ4v) is 2.80. The Balaban J connectivity index is 1.63. The predicted octanol–water partition coefficient (Wildman–Crippen LogP) is 3.43. The predicted molar refractivity (Wildman–Crippen MR) is 69.7 cm³/mol. The average Bonchev–Trinajstić information content (AvgIpc) is 2.72. The van der Waals surface area contributed by atoms with E-state index in [2.05, 4.69) is 21.8 Å². The van der Waals surface area contributed by atoms with E-state index in [9.17, 15) is 0 Å². The Morgan fingerprint density at radius 1 is 1.44 bits per heavy atom. The second kappa shape index (κ2) is 6.16. The molecule has 0 atom stereocenters. The third kappa shape index (κ3) is 3.72. The standard InChI is InChI=1S/C13H20N2S/c1-11-10-16-13(15-11)9-14-8-7-12-5-3-2-4-6-12/h5,10,14H,2-4,6-9H2,1H3. The van der Waals surface area contributed by atoms with Gasteiger partial charge < -0.3 is 5.32 Å². The molecule has 0 bridgehead atoms. The van der Waals surface area contributed by atoms with E-state index in [4.69, 9.17) is 0 Å². The van der Waals surface area contributed by atoms with Crippen molar-refractivity contribution in [3.05, 3.63) is 27.7 Å². The molecule has 16 heavy (non-hydrogen) atoms. The molecule has 88 valence electrons. The van der Waals surface area contributed by atoms with Crippen LogP contribution in [0.25, 0.3) is 0 Å². The van der Waals surface area contributed by atoms with E-state index in [1.807, 2.05) is 6.92 Å². The number of nitrogens with one attached hydrogen (secondary N) is 1. The lowest BCUT2D eigenvalue weighted by molar-refractivity contribution is 0.631. The molecule has 1 aromatic rings. The molecule has 0 aromatic carbocycles. The molecule has 1 N–H and O–H groups in total. The summed E-state index contributed by atoms with van der Waals surface area (Å²) in [5.74, 6) is 0. The number of aromatic nitrogens is 1. The van der Waals surface area contributed by atoms with Crippen molar-refractivity contribution in [1.82, 2.24) is 10.3 Å². The second-order valence-electron chi connectivity index (χ2n) is 4.42. The van der Waals surface area contributed by atoms with Gasteiger partial charge in [0.2, 0.25) is 0 Å². The van der Waals surface area contributed by atoms with Gasteiger partial charge in [0.25, 0.3) is 0 Å². The summed E-state index contributed by atoms with van der Waals surface area (Å²) in [6.07, 6.45) is 9.02. The zero-order valence-electron chi connectivity index (χ0n) is 9.96. The van der Waals surface area contributed by atoms with Gasteiger partial charge in [-0.1, -0.05) is 11.6 Å². The minimum Gasteiger partial charge on any atom is -0.310 e. The number of nitrogens with zero attached hydrogens (tertiary/aromatic N) is 1. The van der Waals surface area contributed by atoms with Crippen LogP contribution in [0.15, 0.2) is 17.0 Å². The molecule has 1 aliphatic rings. The number of thiazole rings is 1. The minimum absolute atomic E-state index is 0.922. The molecule has 0 saturated heterocycles. The van der Waals surface area contributed by atoms with Crippen LogP contribution in [0, 0.1) is 6.92 Å². The monoisotopic (exact) mass is 236 g/mol. The van der Waals surface area contributed by atoms with Crippen molar-refractivity contribution in [3.63, 3.8) is 0 Å². The molecule has 1 aliphatic carbocycles. The average molecular weight is 236 g/mol. The Hall–Kier alpha value is -0.670. The van der Waals surface area contributed by atoms with Crippen LogP contribution in [0.5, 0.6) is 0 Å². The molecule has 0 saturated carbocycles. The summed E-state index contributed by atoms with van der Waals surface area (Å²) in [4.78, 5) is 4.44. The van der Waals surface area contributed by atoms with Crippen molar-refractivity contribution in [2.24, 2.45) is 0 Å². The van der Waals surface area contributed by atoms with Gasteiger partial charge in [0.05, 0.1) is 0 Å². The maximum absolute atomic E-state index is 4.44. The molecule has 2 rings (SSSR count). The summed E-state index contributed by atoms with van der Waals surface area (Å²) < 4.78 is 0. The first-order valence-corrected chi connectivity index (χ1v) is 7.02. The lowest BCUT2D eigenvalue weighted by Crippen LogP contribution is -2.15. The molecule has 0 unspecified atom stereocenters. The quantitative estimate of drug-likeness (QED) is 0.626. The maximum Gasteiger partial charge on any atom is 0.107 e. The highest BCUT2D eigenvalue weighted by Crippen LogP contribution is 2.19. The molecule has 2 nitrogen and oxygen atoms in total. The molecule has 0 spiro atoms. The molecular weight excluding hydrogens is 216 g/mol. The Labute approximate surface area is 102 Å². The van der Waals surface area contributed by atoms with Crippen molar-refractivity contribution < 1.29 is 0 Å². The minimum atomic E-state index is 0.922. The first kappa shape index (κ1) is 11.8. The molecule has 3 heteroatoms. The highest BCUT2D eigenvalue weighted by molar-refractivity contribution is 7.09. The van der Waals surface area contributed by atoms with E-state index in [1.165, 1.54) is 37.1 Å². The lowest BCUT2D eigenvalue weighted by Gasteiger charge is -2.12. The van der Waals surface area contributed by atoms with Crippen LogP contribution >= 0.6 is 11.3 Å². The molecule has 0 fully saturated rings. The van der Waals surface area contributed by atoms with Gasteiger partial charge in [-0.3, -0.25) is 0 Å². The van der Waals surface area contributed by atoms with Gasteiger partial charge in [-0.15, -0.1) is 11.3 Å². The number of hydrogen-bond donors (Lipinski definition) is 1. The van der Waals surface area contributed by atoms with Crippen LogP contribution in [0.3, 0.4) is 0 Å². The zero-order valence-corrected chi connectivity index (χ0v) is 10.8. The first-order valence-electron chi connectivity index (χ1n) is 6.14. The summed E-state index contributed by atoms with van der Waals surface area (Å²) in [5, 5.41) is 6.78. The smallest absolute Gasteiger partial charge is 0.107 e. The number of rotatable bonds is 5. The summed E-state index contributed by atoms with van der Waals surface area (Å²) in [6, 6.07) is 0. The van der Waals surface area contributed by atoms with Gasteiger partial charge >= 0.3 is 0 Å². The summed E-state index contributed by atoms with van der Waals surface area (Å²) >= 11 is 1.75. The van der Waals surface area contributed by atoms with Crippen molar-refractivity contribution in [1.29, 1.82) is 0 Å². The van der Waals surface area contributed by atoms with Crippen molar-refractivity contribution in [3.8, 4) is 0 Å². The van der Waals surface area contributed by atoms with E-state index < -0.39 is 0 Å². The maximum atomic E-state index is 4.44. The van der Waals surface area contributed by atoms with Crippen LogP contribution in [0.2, 0.25) is 0 Å².